The van der Waals surface area contributed by atoms with E-state index in [2.05, 4.69) is 61.2 Å². The highest BCUT2D eigenvalue weighted by Gasteiger charge is 2.23. The summed E-state index contributed by atoms with van der Waals surface area (Å²) < 4.78 is 7.90. The lowest BCUT2D eigenvalue weighted by molar-refractivity contribution is -0.116. The van der Waals surface area contributed by atoms with Gasteiger partial charge in [0, 0.05) is 28.2 Å². The number of nitrogens with one attached hydrogen (secondary N) is 2. The SMILES string of the molecule is COc1ccc(-n2nc(C(C)(C)C)cc2NC(=O)CN(CCC(C)C)C(=O)Nc2ccc(Br)cc2)cc1. The number of halogens is 1. The number of benzene rings is 2. The number of hydrogen-bond acceptors (Lipinski definition) is 4. The van der Waals surface area contributed by atoms with Gasteiger partial charge in [-0.15, -0.1) is 0 Å². The summed E-state index contributed by atoms with van der Waals surface area (Å²) in [5, 5.41) is 10.6. The van der Waals surface area contributed by atoms with Crippen LogP contribution >= 0.6 is 15.9 Å². The number of anilines is 2. The van der Waals surface area contributed by atoms with Crippen molar-refractivity contribution in [2.75, 3.05) is 30.8 Å². The number of hydrogen-bond donors (Lipinski definition) is 2. The van der Waals surface area contributed by atoms with E-state index in [0.717, 1.165) is 28.0 Å². The Morgan fingerprint density at radius 1 is 1.05 bits per heavy atom. The molecule has 1 heterocycles. The predicted molar refractivity (Wildman–Crippen MR) is 152 cm³/mol. The smallest absolute Gasteiger partial charge is 0.322 e. The maximum Gasteiger partial charge on any atom is 0.322 e. The summed E-state index contributed by atoms with van der Waals surface area (Å²) in [5.41, 5.74) is 2.07. The Labute approximate surface area is 227 Å². The van der Waals surface area contributed by atoms with Gasteiger partial charge in [0.2, 0.25) is 5.91 Å². The second kappa shape index (κ2) is 12.3. The predicted octanol–water partition coefficient (Wildman–Crippen LogP) is 6.46. The minimum atomic E-state index is -0.322. The molecule has 1 aromatic heterocycles. The lowest BCUT2D eigenvalue weighted by atomic mass is 9.92. The zero-order chi connectivity index (χ0) is 27.2. The number of aromatic nitrogens is 2. The third kappa shape index (κ3) is 8.08. The standard InChI is InChI=1S/C28H36BrN5O3/c1-19(2)15-16-33(27(36)30-21-9-7-20(29)8-10-21)18-26(35)31-25-17-24(28(3,4)5)32-34(25)22-11-13-23(37-6)14-12-22/h7-14,17,19H,15-16,18H2,1-6H3,(H,30,36)(H,31,35). The Hall–Kier alpha value is -3.33. The van der Waals surface area contributed by atoms with Crippen LogP contribution in [-0.4, -0.2) is 46.8 Å². The molecule has 0 unspecified atom stereocenters. The molecular formula is C28H36BrN5O3. The van der Waals surface area contributed by atoms with E-state index in [1.807, 2.05) is 54.6 Å². The Morgan fingerprint density at radius 3 is 2.27 bits per heavy atom. The van der Waals surface area contributed by atoms with Crippen LogP contribution < -0.4 is 15.4 Å². The van der Waals surface area contributed by atoms with Crippen LogP contribution in [0.2, 0.25) is 0 Å². The van der Waals surface area contributed by atoms with Gasteiger partial charge in [-0.25, -0.2) is 9.48 Å². The lowest BCUT2D eigenvalue weighted by Gasteiger charge is -2.23. The molecule has 0 saturated heterocycles. The Balaban J connectivity index is 1.81. The van der Waals surface area contributed by atoms with E-state index in [1.54, 1.807) is 11.8 Å². The van der Waals surface area contributed by atoms with Crippen molar-refractivity contribution in [3.63, 3.8) is 0 Å². The molecule has 2 aromatic carbocycles. The van der Waals surface area contributed by atoms with Crippen LogP contribution in [0.1, 0.15) is 46.7 Å². The van der Waals surface area contributed by atoms with Crippen LogP contribution in [-0.2, 0) is 10.2 Å². The maximum atomic E-state index is 13.2. The summed E-state index contributed by atoms with van der Waals surface area (Å²) in [6, 6.07) is 16.3. The number of urea groups is 1. The molecule has 0 fully saturated rings. The first-order chi connectivity index (χ1) is 17.5. The van der Waals surface area contributed by atoms with Crippen LogP contribution in [0.15, 0.2) is 59.1 Å². The molecule has 3 aromatic rings. The van der Waals surface area contributed by atoms with E-state index in [-0.39, 0.29) is 23.9 Å². The number of amides is 3. The number of ether oxygens (including phenoxy) is 1. The third-order valence-electron chi connectivity index (χ3n) is 5.76. The average Bonchev–Trinajstić information content (AvgIpc) is 3.27. The average molecular weight is 571 g/mol. The lowest BCUT2D eigenvalue weighted by Crippen LogP contribution is -2.41. The van der Waals surface area contributed by atoms with E-state index in [1.165, 1.54) is 4.90 Å². The van der Waals surface area contributed by atoms with E-state index in [9.17, 15) is 9.59 Å². The topological polar surface area (TPSA) is 88.5 Å². The summed E-state index contributed by atoms with van der Waals surface area (Å²) in [6.45, 7) is 10.8. The molecular weight excluding hydrogens is 534 g/mol. The normalized spacial score (nSPS) is 11.4. The molecule has 3 amide bonds. The van der Waals surface area contributed by atoms with Gasteiger partial charge in [0.25, 0.3) is 0 Å². The van der Waals surface area contributed by atoms with Crippen molar-refractivity contribution >= 4 is 39.4 Å². The molecule has 0 spiro atoms. The van der Waals surface area contributed by atoms with E-state index in [4.69, 9.17) is 9.84 Å². The highest BCUT2D eigenvalue weighted by molar-refractivity contribution is 9.10. The van der Waals surface area contributed by atoms with Crippen LogP contribution in [0.4, 0.5) is 16.3 Å². The molecule has 9 heteroatoms. The molecule has 3 rings (SSSR count). The highest BCUT2D eigenvalue weighted by Crippen LogP contribution is 2.27. The number of carbonyl (C=O) groups excluding carboxylic acids is 2. The number of nitrogens with zero attached hydrogens (tertiary/aromatic N) is 3. The Bertz CT molecular complexity index is 1200. The van der Waals surface area contributed by atoms with Crippen molar-refractivity contribution in [1.29, 1.82) is 0 Å². The van der Waals surface area contributed by atoms with Gasteiger partial charge in [-0.1, -0.05) is 50.5 Å². The molecule has 0 bridgehead atoms. The first kappa shape index (κ1) is 28.2. The fourth-order valence-electron chi connectivity index (χ4n) is 3.51. The van der Waals surface area contributed by atoms with Gasteiger partial charge in [-0.3, -0.25) is 4.79 Å². The van der Waals surface area contributed by atoms with Gasteiger partial charge in [0.1, 0.15) is 18.1 Å². The number of methoxy groups -OCH3 is 1. The van der Waals surface area contributed by atoms with Gasteiger partial charge in [0.05, 0.1) is 18.5 Å². The van der Waals surface area contributed by atoms with Crippen molar-refractivity contribution in [2.24, 2.45) is 5.92 Å². The van der Waals surface area contributed by atoms with Gasteiger partial charge < -0.3 is 20.3 Å². The molecule has 0 aliphatic carbocycles. The third-order valence-corrected chi connectivity index (χ3v) is 6.28. The van der Waals surface area contributed by atoms with Crippen molar-refractivity contribution in [3.05, 3.63) is 64.8 Å². The van der Waals surface area contributed by atoms with Gasteiger partial charge in [-0.05, 0) is 60.9 Å². The fourth-order valence-corrected chi connectivity index (χ4v) is 3.78. The quantitative estimate of drug-likeness (QED) is 0.309. The van der Waals surface area contributed by atoms with Crippen molar-refractivity contribution in [2.45, 2.75) is 46.5 Å². The first-order valence-corrected chi connectivity index (χ1v) is 13.1. The molecule has 198 valence electrons. The Morgan fingerprint density at radius 2 is 1.70 bits per heavy atom. The number of carbonyl (C=O) groups is 2. The molecule has 0 saturated carbocycles. The summed E-state index contributed by atoms with van der Waals surface area (Å²) in [6.07, 6.45) is 0.777. The maximum absolute atomic E-state index is 13.2. The summed E-state index contributed by atoms with van der Waals surface area (Å²) >= 11 is 3.40. The van der Waals surface area contributed by atoms with Crippen molar-refractivity contribution < 1.29 is 14.3 Å². The summed E-state index contributed by atoms with van der Waals surface area (Å²) in [4.78, 5) is 27.8. The minimum absolute atomic E-state index is 0.0896. The van der Waals surface area contributed by atoms with Crippen molar-refractivity contribution in [3.8, 4) is 11.4 Å². The highest BCUT2D eigenvalue weighted by atomic mass is 79.9. The fraction of sp³-hybridized carbons (Fsp3) is 0.393. The van der Waals surface area contributed by atoms with Crippen LogP contribution in [0.3, 0.4) is 0 Å². The van der Waals surface area contributed by atoms with Gasteiger partial charge in [0.15, 0.2) is 0 Å². The molecule has 0 atom stereocenters. The second-order valence-corrected chi connectivity index (χ2v) is 11.3. The van der Waals surface area contributed by atoms with Crippen LogP contribution in [0, 0.1) is 5.92 Å². The van der Waals surface area contributed by atoms with Gasteiger partial charge in [-0.2, -0.15) is 5.10 Å². The Kier molecular flexibility index (Phi) is 9.37. The monoisotopic (exact) mass is 569 g/mol. The molecule has 8 nitrogen and oxygen atoms in total. The molecule has 2 N–H and O–H groups in total. The molecule has 0 aliphatic heterocycles. The largest absolute Gasteiger partial charge is 0.497 e. The zero-order valence-corrected chi connectivity index (χ0v) is 23.9. The zero-order valence-electron chi connectivity index (χ0n) is 22.3. The number of rotatable bonds is 9. The van der Waals surface area contributed by atoms with Crippen LogP contribution in [0.25, 0.3) is 5.69 Å². The molecule has 37 heavy (non-hydrogen) atoms. The van der Waals surface area contributed by atoms with Crippen LogP contribution in [0.5, 0.6) is 5.75 Å². The first-order valence-electron chi connectivity index (χ1n) is 12.3. The molecule has 0 radical (unpaired) electrons. The summed E-state index contributed by atoms with van der Waals surface area (Å²) in [7, 11) is 1.62. The minimum Gasteiger partial charge on any atom is -0.497 e. The van der Waals surface area contributed by atoms with E-state index < -0.39 is 0 Å². The van der Waals surface area contributed by atoms with Gasteiger partial charge >= 0.3 is 6.03 Å². The van der Waals surface area contributed by atoms with E-state index >= 15 is 0 Å². The summed E-state index contributed by atoms with van der Waals surface area (Å²) in [5.74, 6) is 1.36. The van der Waals surface area contributed by atoms with Crippen molar-refractivity contribution in [1.82, 2.24) is 14.7 Å². The second-order valence-electron chi connectivity index (χ2n) is 10.4. The molecule has 0 aliphatic rings. The van der Waals surface area contributed by atoms with E-state index in [0.29, 0.717) is 24.0 Å².